The van der Waals surface area contributed by atoms with Gasteiger partial charge in [0.05, 0.1) is 0 Å². The summed E-state index contributed by atoms with van der Waals surface area (Å²) in [5.41, 5.74) is 2.08. The Kier molecular flexibility index (Phi) is 7.65. The number of hydrogen-bond donors (Lipinski definition) is 1. The summed E-state index contributed by atoms with van der Waals surface area (Å²) in [6.45, 7) is 5.14. The summed E-state index contributed by atoms with van der Waals surface area (Å²) in [6, 6.07) is 14.4. The van der Waals surface area contributed by atoms with Gasteiger partial charge in [-0.05, 0) is 11.5 Å². The summed E-state index contributed by atoms with van der Waals surface area (Å²) in [6.07, 6.45) is 1.83. The van der Waals surface area contributed by atoms with Gasteiger partial charge in [0, 0.05) is 18.6 Å². The Balaban J connectivity index is 0.000000602. The van der Waals surface area contributed by atoms with Crippen LogP contribution in [-0.2, 0) is 25.2 Å². The number of carbonyl (C=O) groups is 1. The molecule has 3 nitrogen and oxygen atoms in total. The Bertz CT molecular complexity index is 737. The number of aromatic nitrogens is 1. The molecule has 3 aromatic rings. The standard InChI is InChI=1S/C14H10N.C2H4O2.CH3.Pd/c1-10-4-2-5-11-7-8-12-6-3-9-15-14(12)13(10)11;1-2(3)4;;/h2-9H,1H2;1H3,(H,3,4);1H3;/q-1;;-1;+2. The predicted octanol–water partition coefficient (Wildman–Crippen LogP) is 4.11. The molecular weight excluding hydrogens is 357 g/mol. The SMILES string of the molecule is CC(=O)O.[CH2-]c1cccc2ccc3cccnc3c12.[CH3-].[Pd+2]. The third-order valence-electron chi connectivity index (χ3n) is 2.70. The number of fused-ring (bicyclic) bond motifs is 3. The largest absolute Gasteiger partial charge is 2.00 e. The second kappa shape index (κ2) is 8.41. The Morgan fingerprint density at radius 2 is 1.67 bits per heavy atom. The summed E-state index contributed by atoms with van der Waals surface area (Å²) in [5, 5.41) is 10.9. The molecule has 0 radical (unpaired) electrons. The molecule has 112 valence electrons. The van der Waals surface area contributed by atoms with E-state index in [1.165, 1.54) is 10.8 Å². The second-order valence-electron chi connectivity index (χ2n) is 4.17. The molecule has 0 bridgehead atoms. The van der Waals surface area contributed by atoms with Gasteiger partial charge >= 0.3 is 20.4 Å². The Hall–Kier alpha value is -1.89. The fraction of sp³-hybridized carbons (Fsp3) is 0.0588. The number of aliphatic carboxylic acids is 1. The minimum Gasteiger partial charge on any atom is -0.481 e. The first-order chi connectivity index (χ1) is 9.09. The molecule has 3 rings (SSSR count). The van der Waals surface area contributed by atoms with Crippen molar-refractivity contribution < 1.29 is 30.3 Å². The van der Waals surface area contributed by atoms with Crippen LogP contribution in [0.25, 0.3) is 21.7 Å². The van der Waals surface area contributed by atoms with Crippen molar-refractivity contribution in [2.24, 2.45) is 0 Å². The molecule has 0 aliphatic heterocycles. The molecule has 1 aromatic heterocycles. The topological polar surface area (TPSA) is 50.2 Å². The summed E-state index contributed by atoms with van der Waals surface area (Å²) in [4.78, 5) is 13.4. The summed E-state index contributed by atoms with van der Waals surface area (Å²) >= 11 is 0. The van der Waals surface area contributed by atoms with Gasteiger partial charge in [0.1, 0.15) is 0 Å². The smallest absolute Gasteiger partial charge is 0.481 e. The third kappa shape index (κ3) is 4.56. The van der Waals surface area contributed by atoms with Crippen LogP contribution in [-0.4, -0.2) is 16.1 Å². The van der Waals surface area contributed by atoms with Crippen LogP contribution >= 0.6 is 0 Å². The average molecular weight is 374 g/mol. The summed E-state index contributed by atoms with van der Waals surface area (Å²) in [7, 11) is 0. The summed E-state index contributed by atoms with van der Waals surface area (Å²) < 4.78 is 0. The molecule has 0 atom stereocenters. The van der Waals surface area contributed by atoms with E-state index in [0.717, 1.165) is 23.4 Å². The van der Waals surface area contributed by atoms with Crippen molar-refractivity contribution in [2.45, 2.75) is 6.92 Å². The Morgan fingerprint density at radius 3 is 2.33 bits per heavy atom. The van der Waals surface area contributed by atoms with Crippen LogP contribution in [0.2, 0.25) is 0 Å². The van der Waals surface area contributed by atoms with E-state index in [0.29, 0.717) is 0 Å². The van der Waals surface area contributed by atoms with Crippen molar-refractivity contribution >= 4 is 27.6 Å². The van der Waals surface area contributed by atoms with Crippen molar-refractivity contribution in [1.82, 2.24) is 4.98 Å². The normalized spacial score (nSPS) is 9.00. The van der Waals surface area contributed by atoms with E-state index >= 15 is 0 Å². The molecule has 0 aliphatic carbocycles. The molecule has 1 N–H and O–H groups in total. The van der Waals surface area contributed by atoms with Crippen molar-refractivity contribution in [3.05, 3.63) is 68.6 Å². The van der Waals surface area contributed by atoms with Crippen molar-refractivity contribution in [3.63, 3.8) is 0 Å². The molecule has 2 aromatic carbocycles. The molecule has 0 amide bonds. The molecule has 0 unspecified atom stereocenters. The van der Waals surface area contributed by atoms with Gasteiger partial charge in [-0.1, -0.05) is 35.0 Å². The van der Waals surface area contributed by atoms with Crippen LogP contribution < -0.4 is 0 Å². The van der Waals surface area contributed by atoms with E-state index < -0.39 is 5.97 Å². The summed E-state index contributed by atoms with van der Waals surface area (Å²) in [5.74, 6) is -0.833. The quantitative estimate of drug-likeness (QED) is 0.366. The molecule has 4 heteroatoms. The zero-order valence-corrected chi connectivity index (χ0v) is 13.5. The minimum absolute atomic E-state index is 0. The molecular formula is C17H17NO2Pd. The first kappa shape index (κ1) is 19.1. The fourth-order valence-corrected chi connectivity index (χ4v) is 1.99. The van der Waals surface area contributed by atoms with Gasteiger partial charge in [-0.3, -0.25) is 9.78 Å². The molecule has 0 spiro atoms. The number of hydrogen-bond acceptors (Lipinski definition) is 2. The van der Waals surface area contributed by atoms with Gasteiger partial charge in [-0.25, -0.2) is 0 Å². The fourth-order valence-electron chi connectivity index (χ4n) is 1.99. The van der Waals surface area contributed by atoms with E-state index in [4.69, 9.17) is 9.90 Å². The van der Waals surface area contributed by atoms with Crippen molar-refractivity contribution in [3.8, 4) is 0 Å². The third-order valence-corrected chi connectivity index (χ3v) is 2.70. The number of carboxylic acid groups (broad SMARTS) is 1. The molecule has 0 saturated heterocycles. The van der Waals surface area contributed by atoms with E-state index in [2.05, 4.69) is 36.2 Å². The number of nitrogens with zero attached hydrogens (tertiary/aromatic N) is 1. The van der Waals surface area contributed by atoms with Gasteiger partial charge in [0.15, 0.2) is 0 Å². The maximum absolute atomic E-state index is 9.00. The van der Waals surface area contributed by atoms with E-state index in [1.807, 2.05) is 24.4 Å². The maximum Gasteiger partial charge on any atom is 2.00 e. The van der Waals surface area contributed by atoms with E-state index in [-0.39, 0.29) is 27.8 Å². The van der Waals surface area contributed by atoms with Crippen molar-refractivity contribution in [2.75, 3.05) is 0 Å². The van der Waals surface area contributed by atoms with Crippen LogP contribution in [0.5, 0.6) is 0 Å². The van der Waals surface area contributed by atoms with Gasteiger partial charge in [-0.15, -0.1) is 6.07 Å². The number of carboxylic acids is 1. The number of benzene rings is 2. The zero-order valence-electron chi connectivity index (χ0n) is 11.9. The van der Waals surface area contributed by atoms with Crippen LogP contribution in [0.1, 0.15) is 12.5 Å². The van der Waals surface area contributed by atoms with Gasteiger partial charge in [-0.2, -0.15) is 18.6 Å². The minimum atomic E-state index is -0.833. The molecule has 0 aliphatic rings. The molecule has 0 saturated carbocycles. The average Bonchev–Trinajstić information content (AvgIpc) is 2.38. The van der Waals surface area contributed by atoms with Crippen LogP contribution in [0.3, 0.4) is 0 Å². The van der Waals surface area contributed by atoms with E-state index in [1.54, 1.807) is 0 Å². The Labute approximate surface area is 138 Å². The Morgan fingerprint density at radius 1 is 1.10 bits per heavy atom. The van der Waals surface area contributed by atoms with Gasteiger partial charge < -0.3 is 12.5 Å². The molecule has 0 fully saturated rings. The monoisotopic (exact) mass is 373 g/mol. The van der Waals surface area contributed by atoms with Crippen LogP contribution in [0.15, 0.2) is 48.7 Å². The van der Waals surface area contributed by atoms with Gasteiger partial charge in [0.2, 0.25) is 0 Å². The van der Waals surface area contributed by atoms with Crippen LogP contribution in [0.4, 0.5) is 0 Å². The zero-order chi connectivity index (χ0) is 13.8. The van der Waals surface area contributed by atoms with Gasteiger partial charge in [0.25, 0.3) is 5.97 Å². The molecule has 21 heavy (non-hydrogen) atoms. The van der Waals surface area contributed by atoms with E-state index in [9.17, 15) is 0 Å². The second-order valence-corrected chi connectivity index (χ2v) is 4.17. The van der Waals surface area contributed by atoms with Crippen LogP contribution in [0, 0.1) is 14.4 Å². The maximum atomic E-state index is 9.00. The first-order valence-corrected chi connectivity index (χ1v) is 5.87. The number of rotatable bonds is 0. The predicted molar refractivity (Wildman–Crippen MR) is 83.4 cm³/mol. The molecule has 1 heterocycles. The first-order valence-electron chi connectivity index (χ1n) is 5.87. The number of pyridine rings is 1. The van der Waals surface area contributed by atoms with Crippen molar-refractivity contribution in [1.29, 1.82) is 0 Å².